The Kier molecular flexibility index (Phi) is 4.73. The monoisotopic (exact) mass is 248 g/mol. The molecule has 98 valence electrons. The molecule has 0 saturated carbocycles. The van der Waals surface area contributed by atoms with E-state index in [1.807, 2.05) is 35.2 Å². The summed E-state index contributed by atoms with van der Waals surface area (Å²) in [7, 11) is 0. The van der Waals surface area contributed by atoms with Crippen LogP contribution >= 0.6 is 0 Å². The normalized spacial score (nSPS) is 19.8. The number of nitrogens with zero attached hydrogens (tertiary/aromatic N) is 1. The van der Waals surface area contributed by atoms with E-state index in [2.05, 4.69) is 12.2 Å². The number of carbonyl (C=O) groups excluding carboxylic acids is 1. The molecule has 1 amide bonds. The Hall–Kier alpha value is -1.39. The first-order valence-corrected chi connectivity index (χ1v) is 6.39. The van der Waals surface area contributed by atoms with Gasteiger partial charge in [0.15, 0.2) is 0 Å². The summed E-state index contributed by atoms with van der Waals surface area (Å²) < 4.78 is 5.47. The molecule has 1 N–H and O–H groups in total. The van der Waals surface area contributed by atoms with Crippen molar-refractivity contribution >= 4 is 5.91 Å². The Bertz CT molecular complexity index is 381. The zero-order chi connectivity index (χ0) is 12.8. The second-order valence-corrected chi connectivity index (χ2v) is 4.62. The number of piperazine rings is 1. The summed E-state index contributed by atoms with van der Waals surface area (Å²) in [5.74, 6) is 0.0833. The molecule has 1 atom stereocenters. The number of ether oxygens (including phenoxy) is 1. The third-order valence-corrected chi connectivity index (χ3v) is 3.16. The van der Waals surface area contributed by atoms with E-state index in [9.17, 15) is 4.79 Å². The maximum atomic E-state index is 12.0. The maximum Gasteiger partial charge on any atom is 0.248 e. The molecule has 0 bridgehead atoms. The molecule has 1 aromatic carbocycles. The lowest BCUT2D eigenvalue weighted by Gasteiger charge is -2.33. The van der Waals surface area contributed by atoms with Crippen molar-refractivity contribution < 1.29 is 9.53 Å². The molecule has 0 radical (unpaired) electrons. The van der Waals surface area contributed by atoms with E-state index in [0.29, 0.717) is 6.61 Å². The zero-order valence-electron chi connectivity index (χ0n) is 10.8. The summed E-state index contributed by atoms with van der Waals surface area (Å²) in [5, 5.41) is 3.27. The molecule has 1 fully saturated rings. The molecule has 1 unspecified atom stereocenters. The lowest BCUT2D eigenvalue weighted by Crippen LogP contribution is -2.53. The molecule has 4 nitrogen and oxygen atoms in total. The van der Waals surface area contributed by atoms with E-state index in [4.69, 9.17) is 4.74 Å². The van der Waals surface area contributed by atoms with Gasteiger partial charge in [0.1, 0.15) is 6.61 Å². The highest BCUT2D eigenvalue weighted by atomic mass is 16.5. The van der Waals surface area contributed by atoms with Crippen molar-refractivity contribution in [3.63, 3.8) is 0 Å². The van der Waals surface area contributed by atoms with Crippen LogP contribution in [0.15, 0.2) is 30.3 Å². The Morgan fingerprint density at radius 2 is 2.22 bits per heavy atom. The maximum absolute atomic E-state index is 12.0. The van der Waals surface area contributed by atoms with Crippen LogP contribution in [0.1, 0.15) is 12.5 Å². The smallest absolute Gasteiger partial charge is 0.248 e. The summed E-state index contributed by atoms with van der Waals surface area (Å²) in [6.07, 6.45) is 0. The van der Waals surface area contributed by atoms with Crippen LogP contribution in [0.3, 0.4) is 0 Å². The Morgan fingerprint density at radius 1 is 1.44 bits per heavy atom. The zero-order valence-corrected chi connectivity index (χ0v) is 10.8. The van der Waals surface area contributed by atoms with Crippen LogP contribution in [-0.4, -0.2) is 43.1 Å². The van der Waals surface area contributed by atoms with Crippen molar-refractivity contribution in [1.29, 1.82) is 0 Å². The minimum atomic E-state index is 0.0833. The standard InChI is InChI=1S/C14H20N2O2/c1-12-9-15-7-8-16(12)14(17)11-18-10-13-5-3-2-4-6-13/h2-6,12,15H,7-11H2,1H3. The fraction of sp³-hybridized carbons (Fsp3) is 0.500. The molecular weight excluding hydrogens is 228 g/mol. The predicted molar refractivity (Wildman–Crippen MR) is 70.1 cm³/mol. The van der Waals surface area contributed by atoms with Gasteiger partial charge >= 0.3 is 0 Å². The molecule has 1 heterocycles. The second-order valence-electron chi connectivity index (χ2n) is 4.62. The number of amides is 1. The van der Waals surface area contributed by atoms with Gasteiger partial charge in [0, 0.05) is 25.7 Å². The molecule has 0 aromatic heterocycles. The molecule has 2 rings (SSSR count). The minimum absolute atomic E-state index is 0.0833. The van der Waals surface area contributed by atoms with E-state index < -0.39 is 0 Å². The van der Waals surface area contributed by atoms with Gasteiger partial charge in [0.2, 0.25) is 5.91 Å². The third-order valence-electron chi connectivity index (χ3n) is 3.16. The molecule has 4 heteroatoms. The lowest BCUT2D eigenvalue weighted by molar-refractivity contribution is -0.139. The van der Waals surface area contributed by atoms with Crippen molar-refractivity contribution in [2.45, 2.75) is 19.6 Å². The van der Waals surface area contributed by atoms with Gasteiger partial charge in [-0.15, -0.1) is 0 Å². The Morgan fingerprint density at radius 3 is 2.94 bits per heavy atom. The van der Waals surface area contributed by atoms with Crippen LogP contribution in [0.25, 0.3) is 0 Å². The number of hydrogen-bond donors (Lipinski definition) is 1. The molecule has 0 aliphatic carbocycles. The summed E-state index contributed by atoms with van der Waals surface area (Å²) in [5.41, 5.74) is 1.10. The number of nitrogens with one attached hydrogen (secondary N) is 1. The topological polar surface area (TPSA) is 41.6 Å². The molecular formula is C14H20N2O2. The highest BCUT2D eigenvalue weighted by molar-refractivity contribution is 5.77. The van der Waals surface area contributed by atoms with Gasteiger partial charge in [-0.05, 0) is 12.5 Å². The first kappa shape index (κ1) is 13.1. The molecule has 1 saturated heterocycles. The summed E-state index contributed by atoms with van der Waals surface area (Å²) >= 11 is 0. The van der Waals surface area contributed by atoms with Crippen molar-refractivity contribution in [3.05, 3.63) is 35.9 Å². The minimum Gasteiger partial charge on any atom is -0.367 e. The van der Waals surface area contributed by atoms with Crippen LogP contribution in [0, 0.1) is 0 Å². The number of benzene rings is 1. The van der Waals surface area contributed by atoms with E-state index >= 15 is 0 Å². The highest BCUT2D eigenvalue weighted by Crippen LogP contribution is 2.05. The second kappa shape index (κ2) is 6.52. The van der Waals surface area contributed by atoms with Crippen molar-refractivity contribution in [3.8, 4) is 0 Å². The Labute approximate surface area is 108 Å². The SMILES string of the molecule is CC1CNCCN1C(=O)COCc1ccccc1. The van der Waals surface area contributed by atoms with Crippen LogP contribution in [0.2, 0.25) is 0 Å². The average molecular weight is 248 g/mol. The molecule has 0 spiro atoms. The van der Waals surface area contributed by atoms with Gasteiger partial charge in [-0.1, -0.05) is 30.3 Å². The third kappa shape index (κ3) is 3.55. The number of hydrogen-bond acceptors (Lipinski definition) is 3. The van der Waals surface area contributed by atoms with Gasteiger partial charge in [0.05, 0.1) is 6.61 Å². The number of carbonyl (C=O) groups is 1. The van der Waals surface area contributed by atoms with Gasteiger partial charge in [0.25, 0.3) is 0 Å². The van der Waals surface area contributed by atoms with Gasteiger partial charge in [-0.3, -0.25) is 4.79 Å². The first-order valence-electron chi connectivity index (χ1n) is 6.39. The first-order chi connectivity index (χ1) is 8.77. The summed E-state index contributed by atoms with van der Waals surface area (Å²) in [4.78, 5) is 13.9. The lowest BCUT2D eigenvalue weighted by atomic mass is 10.2. The van der Waals surface area contributed by atoms with E-state index in [1.165, 1.54) is 0 Å². The van der Waals surface area contributed by atoms with Gasteiger partial charge < -0.3 is 15.0 Å². The van der Waals surface area contributed by atoms with Gasteiger partial charge in [-0.2, -0.15) is 0 Å². The number of rotatable bonds is 4. The van der Waals surface area contributed by atoms with E-state index in [1.54, 1.807) is 0 Å². The van der Waals surface area contributed by atoms with Gasteiger partial charge in [-0.25, -0.2) is 0 Å². The summed E-state index contributed by atoms with van der Waals surface area (Å²) in [6.45, 7) is 5.22. The summed E-state index contributed by atoms with van der Waals surface area (Å²) in [6, 6.07) is 10.2. The Balaban J connectivity index is 1.74. The van der Waals surface area contributed by atoms with Crippen molar-refractivity contribution in [1.82, 2.24) is 10.2 Å². The predicted octanol–water partition coefficient (Wildman–Crippen LogP) is 1.02. The molecule has 1 aliphatic rings. The highest BCUT2D eigenvalue weighted by Gasteiger charge is 2.22. The fourth-order valence-corrected chi connectivity index (χ4v) is 2.12. The average Bonchev–Trinajstić information content (AvgIpc) is 2.40. The van der Waals surface area contributed by atoms with E-state index in [-0.39, 0.29) is 18.6 Å². The largest absolute Gasteiger partial charge is 0.367 e. The van der Waals surface area contributed by atoms with E-state index in [0.717, 1.165) is 25.2 Å². The van der Waals surface area contributed by atoms with Crippen LogP contribution < -0.4 is 5.32 Å². The molecule has 18 heavy (non-hydrogen) atoms. The van der Waals surface area contributed by atoms with Crippen LogP contribution in [0.4, 0.5) is 0 Å². The van der Waals surface area contributed by atoms with Crippen molar-refractivity contribution in [2.75, 3.05) is 26.2 Å². The van der Waals surface area contributed by atoms with Crippen LogP contribution in [0.5, 0.6) is 0 Å². The fourth-order valence-electron chi connectivity index (χ4n) is 2.12. The quantitative estimate of drug-likeness (QED) is 0.865. The molecule has 1 aliphatic heterocycles. The van der Waals surface area contributed by atoms with Crippen LogP contribution in [-0.2, 0) is 16.1 Å². The molecule has 1 aromatic rings. The van der Waals surface area contributed by atoms with Crippen molar-refractivity contribution in [2.24, 2.45) is 0 Å².